The quantitative estimate of drug-likeness (QED) is 0.642. The Hall–Kier alpha value is -1.89. The molecule has 0 heterocycles. The largest absolute Gasteiger partial charge is 0.207 e. The Morgan fingerprint density at radius 2 is 1.33 bits per heavy atom. The van der Waals surface area contributed by atoms with Gasteiger partial charge in [0.25, 0.3) is 0 Å². The monoisotopic (exact) mass is 197 g/mol. The van der Waals surface area contributed by atoms with Crippen LogP contribution in [0.1, 0.15) is 11.1 Å². The third-order valence-corrected chi connectivity index (χ3v) is 2.08. The molecule has 0 N–H and O–H groups in total. The molecule has 0 fully saturated rings. The summed E-state index contributed by atoms with van der Waals surface area (Å²) < 4.78 is 12.6. The predicted molar refractivity (Wildman–Crippen MR) is 60.6 cm³/mol. The first kappa shape index (κ1) is 9.66. The number of benzene rings is 2. The van der Waals surface area contributed by atoms with Gasteiger partial charge in [0.15, 0.2) is 0 Å². The molecule has 1 heteroatoms. The number of rotatable bonds is 2. The Morgan fingerprint density at radius 3 is 1.93 bits per heavy atom. The Labute approximate surface area is 88.7 Å². The maximum Gasteiger partial charge on any atom is 0.123 e. The molecule has 0 bridgehead atoms. The van der Waals surface area contributed by atoms with Crippen molar-refractivity contribution in [1.82, 2.24) is 0 Å². The summed E-state index contributed by atoms with van der Waals surface area (Å²) >= 11 is 0. The highest BCUT2D eigenvalue weighted by molar-refractivity contribution is 5.69. The van der Waals surface area contributed by atoms with E-state index in [1.807, 2.05) is 36.4 Å². The highest BCUT2D eigenvalue weighted by Crippen LogP contribution is 2.08. The van der Waals surface area contributed by atoms with Crippen LogP contribution in [0.15, 0.2) is 48.5 Å². The van der Waals surface area contributed by atoms with Crippen LogP contribution in [0.3, 0.4) is 0 Å². The molecule has 73 valence electrons. The van der Waals surface area contributed by atoms with E-state index in [2.05, 4.69) is 6.07 Å². The fraction of sp³-hybridized carbons (Fsp3) is 0. The van der Waals surface area contributed by atoms with Gasteiger partial charge in [-0.15, -0.1) is 0 Å². The first-order chi connectivity index (χ1) is 7.34. The minimum Gasteiger partial charge on any atom is -0.207 e. The summed E-state index contributed by atoms with van der Waals surface area (Å²) in [7, 11) is 0. The molecule has 0 aliphatic carbocycles. The van der Waals surface area contributed by atoms with Gasteiger partial charge in [-0.1, -0.05) is 48.6 Å². The summed E-state index contributed by atoms with van der Waals surface area (Å²) in [5.74, 6) is -0.207. The maximum atomic E-state index is 12.6. The van der Waals surface area contributed by atoms with Crippen molar-refractivity contribution in [2.75, 3.05) is 0 Å². The van der Waals surface area contributed by atoms with Crippen molar-refractivity contribution in [2.45, 2.75) is 0 Å². The standard InChI is InChI=1S/C14H10F/c15-14-10-8-13(9-11-14)7-6-12-4-2-1-3-5-12/h2-11H/b7-6+. The molecule has 0 atom stereocenters. The van der Waals surface area contributed by atoms with Gasteiger partial charge in [0.05, 0.1) is 0 Å². The molecule has 0 amide bonds. The smallest absolute Gasteiger partial charge is 0.123 e. The maximum absolute atomic E-state index is 12.6. The summed E-state index contributed by atoms with van der Waals surface area (Å²) in [6.07, 6.45) is 3.94. The van der Waals surface area contributed by atoms with Crippen LogP contribution >= 0.6 is 0 Å². The van der Waals surface area contributed by atoms with Crippen LogP contribution in [0.25, 0.3) is 12.2 Å². The van der Waals surface area contributed by atoms with Gasteiger partial charge in [-0.2, -0.15) is 0 Å². The molecular weight excluding hydrogens is 187 g/mol. The normalized spacial score (nSPS) is 10.7. The second kappa shape index (κ2) is 4.56. The summed E-state index contributed by atoms with van der Waals surface area (Å²) in [6.45, 7) is 0. The van der Waals surface area contributed by atoms with Crippen molar-refractivity contribution in [3.63, 3.8) is 0 Å². The molecule has 0 nitrogen and oxygen atoms in total. The average Bonchev–Trinajstić information content (AvgIpc) is 2.30. The number of halogens is 1. The summed E-state index contributed by atoms with van der Waals surface area (Å²) in [5.41, 5.74) is 2.10. The molecule has 0 aliphatic rings. The second-order valence-corrected chi connectivity index (χ2v) is 3.22. The first-order valence-corrected chi connectivity index (χ1v) is 4.74. The van der Waals surface area contributed by atoms with E-state index in [-0.39, 0.29) is 5.82 Å². The second-order valence-electron chi connectivity index (χ2n) is 3.22. The van der Waals surface area contributed by atoms with Crippen LogP contribution in [-0.2, 0) is 0 Å². The Bertz CT molecular complexity index is 441. The molecule has 2 aromatic carbocycles. The van der Waals surface area contributed by atoms with Crippen molar-refractivity contribution in [2.24, 2.45) is 0 Å². The van der Waals surface area contributed by atoms with Gasteiger partial charge in [0, 0.05) is 0 Å². The third kappa shape index (κ3) is 2.78. The van der Waals surface area contributed by atoms with Gasteiger partial charge in [0.2, 0.25) is 0 Å². The fourth-order valence-electron chi connectivity index (χ4n) is 1.28. The molecule has 2 aromatic rings. The van der Waals surface area contributed by atoms with Gasteiger partial charge in [-0.25, -0.2) is 4.39 Å². The molecule has 1 radical (unpaired) electrons. The lowest BCUT2D eigenvalue weighted by atomic mass is 10.1. The highest BCUT2D eigenvalue weighted by atomic mass is 19.1. The van der Waals surface area contributed by atoms with Crippen LogP contribution < -0.4 is 0 Å². The zero-order chi connectivity index (χ0) is 10.5. The van der Waals surface area contributed by atoms with E-state index in [1.165, 1.54) is 12.1 Å². The lowest BCUT2D eigenvalue weighted by Crippen LogP contribution is -1.74. The van der Waals surface area contributed by atoms with E-state index in [0.29, 0.717) is 0 Å². The molecule has 0 aromatic heterocycles. The van der Waals surface area contributed by atoms with Crippen LogP contribution in [0.4, 0.5) is 4.39 Å². The van der Waals surface area contributed by atoms with E-state index in [4.69, 9.17) is 0 Å². The third-order valence-electron chi connectivity index (χ3n) is 2.08. The van der Waals surface area contributed by atoms with Crippen molar-refractivity contribution < 1.29 is 4.39 Å². The SMILES string of the molecule is Fc1ccc(/C=C/c2cc[c]cc2)cc1. The average molecular weight is 197 g/mol. The van der Waals surface area contributed by atoms with E-state index < -0.39 is 0 Å². The minimum absolute atomic E-state index is 0.207. The van der Waals surface area contributed by atoms with Crippen LogP contribution in [0, 0.1) is 11.9 Å². The van der Waals surface area contributed by atoms with Crippen molar-refractivity contribution in [1.29, 1.82) is 0 Å². The molecule has 0 unspecified atom stereocenters. The Morgan fingerprint density at radius 1 is 0.800 bits per heavy atom. The lowest BCUT2D eigenvalue weighted by molar-refractivity contribution is 0.628. The summed E-state index contributed by atoms with van der Waals surface area (Å²) in [4.78, 5) is 0. The van der Waals surface area contributed by atoms with Crippen LogP contribution in [-0.4, -0.2) is 0 Å². The van der Waals surface area contributed by atoms with Gasteiger partial charge < -0.3 is 0 Å². The molecular formula is C14H10F. The highest BCUT2D eigenvalue weighted by Gasteiger charge is 1.89. The van der Waals surface area contributed by atoms with Crippen LogP contribution in [0.2, 0.25) is 0 Å². The van der Waals surface area contributed by atoms with Crippen molar-refractivity contribution in [3.8, 4) is 0 Å². The molecule has 0 saturated carbocycles. The van der Waals surface area contributed by atoms with E-state index in [0.717, 1.165) is 11.1 Å². The van der Waals surface area contributed by atoms with E-state index in [9.17, 15) is 4.39 Å². The predicted octanol–water partition coefficient (Wildman–Crippen LogP) is 3.80. The topological polar surface area (TPSA) is 0 Å². The van der Waals surface area contributed by atoms with Crippen LogP contribution in [0.5, 0.6) is 0 Å². The number of hydrogen-bond donors (Lipinski definition) is 0. The van der Waals surface area contributed by atoms with E-state index in [1.54, 1.807) is 12.1 Å². The molecule has 0 spiro atoms. The zero-order valence-electron chi connectivity index (χ0n) is 8.15. The fourth-order valence-corrected chi connectivity index (χ4v) is 1.28. The Kier molecular flexibility index (Phi) is 2.93. The molecule has 15 heavy (non-hydrogen) atoms. The van der Waals surface area contributed by atoms with Gasteiger partial charge in [-0.3, -0.25) is 0 Å². The van der Waals surface area contributed by atoms with Crippen molar-refractivity contribution >= 4 is 12.2 Å². The summed E-state index contributed by atoms with van der Waals surface area (Å²) in [6, 6.07) is 17.0. The van der Waals surface area contributed by atoms with Gasteiger partial charge in [-0.05, 0) is 29.3 Å². The molecule has 0 aliphatic heterocycles. The first-order valence-electron chi connectivity index (χ1n) is 4.74. The van der Waals surface area contributed by atoms with E-state index >= 15 is 0 Å². The zero-order valence-corrected chi connectivity index (χ0v) is 8.15. The minimum atomic E-state index is -0.207. The Balaban J connectivity index is 2.15. The molecule has 2 rings (SSSR count). The number of hydrogen-bond acceptors (Lipinski definition) is 0. The van der Waals surface area contributed by atoms with Gasteiger partial charge in [0.1, 0.15) is 5.82 Å². The molecule has 0 saturated heterocycles. The lowest BCUT2D eigenvalue weighted by Gasteiger charge is -1.93. The summed E-state index contributed by atoms with van der Waals surface area (Å²) in [5, 5.41) is 0. The van der Waals surface area contributed by atoms with Gasteiger partial charge >= 0.3 is 0 Å². The van der Waals surface area contributed by atoms with Crippen molar-refractivity contribution in [3.05, 3.63) is 71.5 Å².